The van der Waals surface area contributed by atoms with E-state index in [-0.39, 0.29) is 53.2 Å². The summed E-state index contributed by atoms with van der Waals surface area (Å²) in [6, 6.07) is 8.06. The van der Waals surface area contributed by atoms with E-state index in [9.17, 15) is 25.9 Å². The van der Waals surface area contributed by atoms with Crippen molar-refractivity contribution in [3.8, 4) is 11.5 Å². The van der Waals surface area contributed by atoms with Crippen LogP contribution in [0.2, 0.25) is 0 Å². The summed E-state index contributed by atoms with van der Waals surface area (Å²) in [5.74, 6) is 0.796. The molecule has 5 aliphatic rings. The summed E-state index contributed by atoms with van der Waals surface area (Å²) < 4.78 is 83.6. The van der Waals surface area contributed by atoms with Gasteiger partial charge in [0.2, 0.25) is 5.69 Å². The third-order valence-corrected chi connectivity index (χ3v) is 15.2. The van der Waals surface area contributed by atoms with Crippen molar-refractivity contribution in [1.29, 1.82) is 0 Å². The van der Waals surface area contributed by atoms with Crippen LogP contribution in [0.1, 0.15) is 106 Å². The van der Waals surface area contributed by atoms with Crippen LogP contribution in [-0.4, -0.2) is 75.0 Å². The molecule has 2 heterocycles. The van der Waals surface area contributed by atoms with Gasteiger partial charge in [0, 0.05) is 69.6 Å². The number of ether oxygens (including phenoxy) is 2. The molecule has 2 aromatic carbocycles. The largest absolute Gasteiger partial charge is 1.00 e. The normalized spacial score (nSPS) is 21.3. The molecule has 14 heteroatoms. The molecular formula is C44H54ClN2NaO8S2. The van der Waals surface area contributed by atoms with Crippen LogP contribution in [0.4, 0.5) is 11.4 Å². The third-order valence-electron chi connectivity index (χ3n) is 13.1. The van der Waals surface area contributed by atoms with Crippen molar-refractivity contribution < 1.29 is 69.5 Å². The van der Waals surface area contributed by atoms with Crippen LogP contribution in [0.5, 0.6) is 11.5 Å². The Morgan fingerprint density at radius 1 is 0.776 bits per heavy atom. The van der Waals surface area contributed by atoms with Crippen molar-refractivity contribution in [3.63, 3.8) is 0 Å². The second kappa shape index (κ2) is 17.9. The zero-order valence-electron chi connectivity index (χ0n) is 34.5. The van der Waals surface area contributed by atoms with Crippen LogP contribution in [0.25, 0.3) is 0 Å². The molecule has 0 unspecified atom stereocenters. The molecular weight excluding hydrogens is 807 g/mol. The van der Waals surface area contributed by atoms with E-state index < -0.39 is 31.7 Å². The van der Waals surface area contributed by atoms with E-state index in [4.69, 9.17) is 21.1 Å². The summed E-state index contributed by atoms with van der Waals surface area (Å²) in [6.07, 6.45) is 19.8. The molecule has 7 rings (SSSR count). The van der Waals surface area contributed by atoms with Crippen molar-refractivity contribution >= 4 is 48.9 Å². The van der Waals surface area contributed by atoms with Crippen LogP contribution in [-0.2, 0) is 31.1 Å². The number of hydrogen-bond acceptors (Lipinski definition) is 9. The topological polar surface area (TPSA) is 139 Å². The Hall–Kier alpha value is -2.42. The molecule has 2 saturated carbocycles. The maximum absolute atomic E-state index is 11.6. The summed E-state index contributed by atoms with van der Waals surface area (Å²) >= 11 is 7.33. The quantitative estimate of drug-likeness (QED) is 0.146. The molecule has 2 aliphatic heterocycles. The number of anilines is 1. The molecule has 58 heavy (non-hydrogen) atoms. The van der Waals surface area contributed by atoms with Gasteiger partial charge in [0.1, 0.15) is 18.0 Å². The SMILES string of the molecule is COc1ccc2c(c1C)C1(CCCC1)C(/C=C/C1=C(Cl)C(=C/C=C3\N(CCCS(=O)(=O)[O-])c4ccc(OC)c(C)c4C34CCCC4)/CCC1)=[N+]2CCCS(=O)(=O)[O-].[Na+]. The van der Waals surface area contributed by atoms with Crippen molar-refractivity contribution in [1.82, 2.24) is 0 Å². The summed E-state index contributed by atoms with van der Waals surface area (Å²) in [5, 5.41) is 0.714. The van der Waals surface area contributed by atoms with Crippen LogP contribution >= 0.6 is 11.6 Å². The number of nitrogens with zero attached hydrogens (tertiary/aromatic N) is 2. The Morgan fingerprint density at radius 3 is 1.98 bits per heavy atom. The third kappa shape index (κ3) is 8.56. The molecule has 2 spiro atoms. The Morgan fingerprint density at radius 2 is 1.36 bits per heavy atom. The fraction of sp³-hybridized carbons (Fsp3) is 0.523. The molecule has 0 amide bonds. The van der Waals surface area contributed by atoms with E-state index in [1.807, 2.05) is 12.1 Å². The minimum absolute atomic E-state index is 0. The summed E-state index contributed by atoms with van der Waals surface area (Å²) in [4.78, 5) is 2.22. The molecule has 0 radical (unpaired) electrons. The molecule has 0 atom stereocenters. The van der Waals surface area contributed by atoms with Gasteiger partial charge in [-0.1, -0.05) is 49.4 Å². The van der Waals surface area contributed by atoms with Gasteiger partial charge >= 0.3 is 29.6 Å². The first kappa shape index (κ1) is 45.1. The minimum Gasteiger partial charge on any atom is -0.748 e. The van der Waals surface area contributed by atoms with E-state index in [2.05, 4.69) is 59.8 Å². The average molecular weight is 861 g/mol. The summed E-state index contributed by atoms with van der Waals surface area (Å²) in [6.45, 7) is 5.00. The van der Waals surface area contributed by atoms with Gasteiger partial charge in [0.05, 0.1) is 39.9 Å². The Labute approximate surface area is 371 Å². The number of benzene rings is 2. The molecule has 3 aliphatic carbocycles. The number of allylic oxidation sites excluding steroid dienone is 8. The minimum atomic E-state index is -4.36. The first-order valence-corrected chi connectivity index (χ1v) is 23.8. The molecule has 308 valence electrons. The standard InChI is InChI=1S/C44H55ClN2O8S2.Na/c1-30-36(54-3)18-16-34-40(30)43(22-5-6-23-43)38(46(34)26-10-28-56(48,49)50)20-14-32-12-9-13-33(42(32)45)15-21-39-44(24-7-8-25-44)41-31(2)37(55-4)19-17-35(41)47(39)27-11-29-57(51,52)53;/h14-21H,5-13,22-29H2,1-4H3,(H-,48,49,50,51,52,53);/q;+1/p-1. The van der Waals surface area contributed by atoms with Gasteiger partial charge in [-0.3, -0.25) is 0 Å². The number of hydrogen-bond donors (Lipinski definition) is 0. The molecule has 0 aromatic heterocycles. The van der Waals surface area contributed by atoms with Crippen LogP contribution in [0.3, 0.4) is 0 Å². The molecule has 10 nitrogen and oxygen atoms in total. The number of methoxy groups -OCH3 is 2. The molecule has 0 saturated heterocycles. The van der Waals surface area contributed by atoms with Gasteiger partial charge < -0.3 is 23.5 Å². The maximum Gasteiger partial charge on any atom is 1.00 e. The first-order valence-electron chi connectivity index (χ1n) is 20.3. The zero-order valence-corrected chi connectivity index (χ0v) is 38.9. The predicted octanol–water partition coefficient (Wildman–Crippen LogP) is 5.48. The average Bonchev–Trinajstić information content (AvgIpc) is 3.94. The summed E-state index contributed by atoms with van der Waals surface area (Å²) in [5.41, 5.74) is 10.5. The van der Waals surface area contributed by atoms with Crippen LogP contribution in [0, 0.1) is 13.8 Å². The predicted molar refractivity (Wildman–Crippen MR) is 223 cm³/mol. The second-order valence-corrected chi connectivity index (χ2v) is 19.8. The van der Waals surface area contributed by atoms with E-state index in [0.717, 1.165) is 127 Å². The van der Waals surface area contributed by atoms with Gasteiger partial charge in [-0.2, -0.15) is 4.58 Å². The first-order chi connectivity index (χ1) is 27.1. The zero-order chi connectivity index (χ0) is 40.8. The van der Waals surface area contributed by atoms with Crippen LogP contribution < -0.4 is 43.9 Å². The monoisotopic (exact) mass is 860 g/mol. The number of halogens is 1. The van der Waals surface area contributed by atoms with Crippen molar-refractivity contribution in [2.45, 2.75) is 108 Å². The van der Waals surface area contributed by atoms with Crippen LogP contribution in [0.15, 0.2) is 70.4 Å². The van der Waals surface area contributed by atoms with Gasteiger partial charge in [-0.05, 0) is 112 Å². The second-order valence-electron chi connectivity index (χ2n) is 16.3. The fourth-order valence-electron chi connectivity index (χ4n) is 10.8. The van der Waals surface area contributed by atoms with Crippen molar-refractivity contribution in [3.05, 3.63) is 92.7 Å². The molecule has 0 N–H and O–H groups in total. The van der Waals surface area contributed by atoms with Gasteiger partial charge in [0.15, 0.2) is 5.71 Å². The molecule has 2 aromatic rings. The number of rotatable bonds is 13. The van der Waals surface area contributed by atoms with Crippen molar-refractivity contribution in [2.75, 3.05) is 43.7 Å². The van der Waals surface area contributed by atoms with Gasteiger partial charge in [0.25, 0.3) is 0 Å². The number of fused-ring (bicyclic) bond motifs is 4. The van der Waals surface area contributed by atoms with E-state index in [1.165, 1.54) is 11.1 Å². The Bertz CT molecular complexity index is 2320. The maximum atomic E-state index is 11.6. The molecule has 0 bridgehead atoms. The van der Waals surface area contributed by atoms with E-state index in [1.54, 1.807) is 14.2 Å². The molecule has 2 fully saturated rings. The fourth-order valence-corrected chi connectivity index (χ4v) is 12.1. The Balaban J connectivity index is 0.00000567. The van der Waals surface area contributed by atoms with Gasteiger partial charge in [-0.25, -0.2) is 16.8 Å². The smallest absolute Gasteiger partial charge is 0.748 e. The van der Waals surface area contributed by atoms with Crippen molar-refractivity contribution in [2.24, 2.45) is 0 Å². The van der Waals surface area contributed by atoms with E-state index in [0.29, 0.717) is 18.1 Å². The van der Waals surface area contributed by atoms with Gasteiger partial charge in [-0.15, -0.1) is 0 Å². The summed E-state index contributed by atoms with van der Waals surface area (Å²) in [7, 11) is -5.35. The van der Waals surface area contributed by atoms with E-state index >= 15 is 0 Å². The Kier molecular flexibility index (Phi) is 13.9.